The average molecular weight is 1060 g/mol. The first-order valence-electron chi connectivity index (χ1n) is 23.5. The van der Waals surface area contributed by atoms with Crippen LogP contribution in [0.2, 0.25) is 0 Å². The second-order valence-electron chi connectivity index (χ2n) is 22.6. The van der Waals surface area contributed by atoms with Crippen LogP contribution in [0.15, 0.2) is 89.7 Å². The fraction of sp³-hybridized carbons (Fsp3) is 0.481. The maximum atomic E-state index is 13.1. The summed E-state index contributed by atoms with van der Waals surface area (Å²) in [5, 5.41) is 5.80. The molecule has 0 spiro atoms. The zero-order chi connectivity index (χ0) is 52.2. The van der Waals surface area contributed by atoms with E-state index in [1.165, 1.54) is 22.7 Å². The maximum Gasteiger partial charge on any atom is 0.494 e. The molecule has 1 aliphatic rings. The summed E-state index contributed by atoms with van der Waals surface area (Å²) in [7, 11) is -0.457. The first-order chi connectivity index (χ1) is 32.2. The normalized spacial score (nSPS) is 15.5. The number of carbonyl (C=O) groups is 4. The highest BCUT2D eigenvalue weighted by Gasteiger charge is 2.51. The van der Waals surface area contributed by atoms with Gasteiger partial charge in [0.05, 0.1) is 25.4 Å². The van der Waals surface area contributed by atoms with Crippen molar-refractivity contribution < 1.29 is 38.0 Å². The van der Waals surface area contributed by atoms with E-state index in [9.17, 15) is 19.2 Å². The molecule has 4 heterocycles. The number of rotatable bonds is 12. The second-order valence-corrected chi connectivity index (χ2v) is 25.7. The molecule has 376 valence electrons. The molecule has 0 aliphatic carbocycles. The zero-order valence-electron chi connectivity index (χ0n) is 43.6. The molecule has 2 aromatic carbocycles. The molecule has 0 unspecified atom stereocenters. The predicted octanol–water partition coefficient (Wildman–Crippen LogP) is 11.0. The van der Waals surface area contributed by atoms with Gasteiger partial charge in [0.25, 0.3) is 11.8 Å². The topological polar surface area (TPSA) is 155 Å². The number of nitrogens with one attached hydrogen (secondary N) is 2. The zero-order valence-corrected chi connectivity index (χ0v) is 46.8. The van der Waals surface area contributed by atoms with Gasteiger partial charge in [-0.25, -0.2) is 19.6 Å². The molecule has 6 rings (SSSR count). The van der Waals surface area contributed by atoms with Gasteiger partial charge in [-0.1, -0.05) is 90.1 Å². The van der Waals surface area contributed by atoms with Crippen LogP contribution in [0.1, 0.15) is 151 Å². The number of aromatic nitrogens is 2. The lowest BCUT2D eigenvalue weighted by Gasteiger charge is -2.32. The van der Waals surface area contributed by atoms with Crippen LogP contribution < -0.4 is 16.1 Å². The lowest BCUT2D eigenvalue weighted by atomic mass is 9.78. The molecular formula is C54H70BBrN4O8S2. The van der Waals surface area contributed by atoms with E-state index in [0.717, 1.165) is 36.4 Å². The Balaban J connectivity index is 0.000000261. The van der Waals surface area contributed by atoms with Crippen molar-refractivity contribution >= 4 is 74.9 Å². The van der Waals surface area contributed by atoms with E-state index >= 15 is 0 Å². The van der Waals surface area contributed by atoms with Crippen molar-refractivity contribution in [1.82, 2.24) is 20.6 Å². The Hall–Kier alpha value is -4.74. The van der Waals surface area contributed by atoms with Crippen LogP contribution >= 0.6 is 38.6 Å². The number of esters is 2. The standard InChI is InChI=1S/C28H40BNO5S.C26H30BrN3O3S/c1-25(2,3)22-16-15-21(36-22)23(31)30-20(24(32)33-26(4,5)6)17-18-11-13-19(14-12-18)29-34-27(7,8)28(9,10)35-29;1-25(2,3)21-12-11-20(34-21)23(31)30-19(24(32)33-26(4,5)6)13-16-7-9-17(10-8-16)22-28-14-18(27)15-29-22/h11-16,20H,17H2,1-10H3,(H,30,31);7-12,14-15,19H,13H2,1-6H3,(H,30,31)/t20-;19-/m00/s1. The number of halogens is 1. The minimum atomic E-state index is -0.820. The highest BCUT2D eigenvalue weighted by molar-refractivity contribution is 9.10. The third-order valence-electron chi connectivity index (χ3n) is 11.3. The quantitative estimate of drug-likeness (QED) is 0.0911. The Morgan fingerprint density at radius 2 is 0.971 bits per heavy atom. The van der Waals surface area contributed by atoms with Gasteiger partial charge in [0.2, 0.25) is 0 Å². The van der Waals surface area contributed by atoms with Gasteiger partial charge in [0.1, 0.15) is 23.3 Å². The fourth-order valence-corrected chi connectivity index (χ4v) is 8.97. The first-order valence-corrected chi connectivity index (χ1v) is 25.9. The SMILES string of the molecule is CC(C)(C)OC(=O)[C@H](Cc1ccc(-c2ncc(Br)cn2)cc1)NC(=O)c1ccc(C(C)(C)C)s1.CC(C)(C)OC(=O)[C@H](Cc1ccc(B2OC(C)(C)C(C)(C)O2)cc1)NC(=O)c1ccc(C(C)(C)C)s1. The van der Waals surface area contributed by atoms with Gasteiger partial charge in [0.15, 0.2) is 5.82 Å². The van der Waals surface area contributed by atoms with Crippen LogP contribution in [-0.2, 0) is 52.0 Å². The summed E-state index contributed by atoms with van der Waals surface area (Å²) < 4.78 is 24.3. The van der Waals surface area contributed by atoms with E-state index in [2.05, 4.69) is 78.1 Å². The summed E-state index contributed by atoms with van der Waals surface area (Å²) in [4.78, 5) is 64.0. The van der Waals surface area contributed by atoms with Gasteiger partial charge in [-0.2, -0.15) is 0 Å². The van der Waals surface area contributed by atoms with E-state index < -0.39 is 53.5 Å². The number of nitrogens with zero attached hydrogens (tertiary/aromatic N) is 2. The van der Waals surface area contributed by atoms with Gasteiger partial charge in [-0.05, 0) is 137 Å². The molecule has 2 amide bonds. The number of ether oxygens (including phenoxy) is 2. The molecule has 0 radical (unpaired) electrons. The number of hydrogen-bond acceptors (Lipinski definition) is 12. The summed E-state index contributed by atoms with van der Waals surface area (Å²) in [5.41, 5.74) is 1.29. The Morgan fingerprint density at radius 3 is 1.31 bits per heavy atom. The van der Waals surface area contributed by atoms with E-state index in [1.807, 2.05) is 136 Å². The van der Waals surface area contributed by atoms with Crippen molar-refractivity contribution in [3.05, 3.63) is 120 Å². The molecule has 1 aliphatic heterocycles. The minimum Gasteiger partial charge on any atom is -0.458 e. The first kappa shape index (κ1) is 56.2. The lowest BCUT2D eigenvalue weighted by Crippen LogP contribution is -2.45. The largest absolute Gasteiger partial charge is 0.494 e. The summed E-state index contributed by atoms with van der Waals surface area (Å²) in [5.74, 6) is -0.872. The van der Waals surface area contributed by atoms with E-state index in [0.29, 0.717) is 28.4 Å². The lowest BCUT2D eigenvalue weighted by molar-refractivity contribution is -0.158. The Kier molecular flexibility index (Phi) is 17.6. The number of benzene rings is 2. The summed E-state index contributed by atoms with van der Waals surface area (Å²) in [6.45, 7) is 31.6. The molecule has 12 nitrogen and oxygen atoms in total. The van der Waals surface area contributed by atoms with Crippen molar-refractivity contribution in [2.45, 2.75) is 169 Å². The van der Waals surface area contributed by atoms with E-state index in [4.69, 9.17) is 18.8 Å². The molecule has 0 saturated carbocycles. The molecule has 0 bridgehead atoms. The summed E-state index contributed by atoms with van der Waals surface area (Å²) >= 11 is 6.22. The summed E-state index contributed by atoms with van der Waals surface area (Å²) in [6.07, 6.45) is 4.00. The molecule has 2 N–H and O–H groups in total. The molecule has 5 aromatic rings. The van der Waals surface area contributed by atoms with Gasteiger partial charge in [-0.3, -0.25) is 9.59 Å². The number of hydrogen-bond donors (Lipinski definition) is 2. The smallest absolute Gasteiger partial charge is 0.458 e. The number of thiophene rings is 2. The highest BCUT2D eigenvalue weighted by Crippen LogP contribution is 2.37. The van der Waals surface area contributed by atoms with Crippen molar-refractivity contribution in [2.75, 3.05) is 0 Å². The monoisotopic (exact) mass is 1060 g/mol. The van der Waals surface area contributed by atoms with Crippen LogP contribution in [0, 0.1) is 0 Å². The van der Waals surface area contributed by atoms with Crippen LogP contribution in [0.25, 0.3) is 11.4 Å². The van der Waals surface area contributed by atoms with Gasteiger partial charge in [0, 0.05) is 40.6 Å². The fourth-order valence-electron chi connectivity index (χ4n) is 6.83. The van der Waals surface area contributed by atoms with Crippen molar-refractivity contribution in [3.8, 4) is 11.4 Å². The molecule has 1 fully saturated rings. The molecule has 70 heavy (non-hydrogen) atoms. The molecular weight excluding hydrogens is 987 g/mol. The highest BCUT2D eigenvalue weighted by atomic mass is 79.9. The third-order valence-corrected chi connectivity index (χ3v) is 14.8. The Morgan fingerprint density at radius 1 is 0.600 bits per heavy atom. The van der Waals surface area contributed by atoms with Gasteiger partial charge < -0.3 is 29.4 Å². The summed E-state index contributed by atoms with van der Waals surface area (Å²) in [6, 6.07) is 21.3. The van der Waals surface area contributed by atoms with Crippen LogP contribution in [0.5, 0.6) is 0 Å². The molecule has 16 heteroatoms. The van der Waals surface area contributed by atoms with Crippen molar-refractivity contribution in [3.63, 3.8) is 0 Å². The van der Waals surface area contributed by atoms with Crippen molar-refractivity contribution in [2.24, 2.45) is 0 Å². The molecule has 3 aromatic heterocycles. The minimum absolute atomic E-state index is 0.0476. The Bertz CT molecular complexity index is 2580. The van der Waals surface area contributed by atoms with Crippen LogP contribution in [0.3, 0.4) is 0 Å². The average Bonchev–Trinajstić information content (AvgIpc) is 3.99. The van der Waals surface area contributed by atoms with Crippen LogP contribution in [0.4, 0.5) is 0 Å². The van der Waals surface area contributed by atoms with Crippen molar-refractivity contribution in [1.29, 1.82) is 0 Å². The van der Waals surface area contributed by atoms with Crippen LogP contribution in [-0.4, -0.2) is 75.3 Å². The predicted molar refractivity (Wildman–Crippen MR) is 285 cm³/mol. The number of carbonyl (C=O) groups excluding carboxylic acids is 4. The van der Waals surface area contributed by atoms with E-state index in [-0.39, 0.29) is 22.6 Å². The molecule has 1 saturated heterocycles. The maximum absolute atomic E-state index is 13.1. The number of amides is 2. The second kappa shape index (κ2) is 21.9. The van der Waals surface area contributed by atoms with E-state index in [1.54, 1.807) is 18.5 Å². The van der Waals surface area contributed by atoms with Gasteiger partial charge >= 0.3 is 19.1 Å². The Labute approximate surface area is 431 Å². The van der Waals surface area contributed by atoms with Gasteiger partial charge in [-0.15, -0.1) is 22.7 Å². The molecule has 2 atom stereocenters. The third kappa shape index (κ3) is 15.9.